The second-order valence-electron chi connectivity index (χ2n) is 5.16. The number of aromatic nitrogens is 2. The number of aryl methyl sites for hydroxylation is 1. The highest BCUT2D eigenvalue weighted by atomic mass is 19.1. The standard InChI is InChI=1S/C17H14F2N2O3/c1-10-20-17(21-24-10)11-3-2-4-13(7-11)23-9-16(22)14-6-5-12(18)8-15(14)19/h2-8,16,22H,9H2,1H3. The molecule has 1 aromatic heterocycles. The molecule has 0 fully saturated rings. The average molecular weight is 332 g/mol. The molecule has 0 amide bonds. The van der Waals surface area contributed by atoms with Gasteiger partial charge in [0.2, 0.25) is 11.7 Å². The van der Waals surface area contributed by atoms with E-state index in [0.717, 1.165) is 12.1 Å². The summed E-state index contributed by atoms with van der Waals surface area (Å²) < 4.78 is 36.9. The van der Waals surface area contributed by atoms with Gasteiger partial charge in [0.05, 0.1) is 0 Å². The molecule has 1 atom stereocenters. The maximum atomic E-state index is 13.6. The van der Waals surface area contributed by atoms with Crippen LogP contribution in [0.5, 0.6) is 5.75 Å². The van der Waals surface area contributed by atoms with Gasteiger partial charge in [-0.1, -0.05) is 23.4 Å². The monoisotopic (exact) mass is 332 g/mol. The molecule has 124 valence electrons. The van der Waals surface area contributed by atoms with Gasteiger partial charge >= 0.3 is 0 Å². The first-order chi connectivity index (χ1) is 11.5. The number of nitrogens with zero attached hydrogens (tertiary/aromatic N) is 2. The van der Waals surface area contributed by atoms with Gasteiger partial charge in [-0.05, 0) is 18.2 Å². The van der Waals surface area contributed by atoms with Gasteiger partial charge in [-0.25, -0.2) is 8.78 Å². The van der Waals surface area contributed by atoms with Crippen LogP contribution in [-0.2, 0) is 0 Å². The Balaban J connectivity index is 1.70. The van der Waals surface area contributed by atoms with E-state index in [-0.39, 0.29) is 12.2 Å². The van der Waals surface area contributed by atoms with Crippen molar-refractivity contribution in [3.63, 3.8) is 0 Å². The minimum absolute atomic E-state index is 0.0265. The maximum Gasteiger partial charge on any atom is 0.223 e. The second kappa shape index (κ2) is 6.76. The maximum absolute atomic E-state index is 13.6. The van der Waals surface area contributed by atoms with E-state index in [2.05, 4.69) is 10.1 Å². The molecule has 1 heterocycles. The van der Waals surface area contributed by atoms with Crippen molar-refractivity contribution in [3.05, 3.63) is 65.6 Å². The Labute approximate surface area is 136 Å². The number of hydrogen-bond donors (Lipinski definition) is 1. The van der Waals surface area contributed by atoms with Crippen molar-refractivity contribution in [3.8, 4) is 17.1 Å². The SMILES string of the molecule is Cc1nc(-c2cccc(OCC(O)c3ccc(F)cc3F)c2)no1. The summed E-state index contributed by atoms with van der Waals surface area (Å²) in [7, 11) is 0. The zero-order valence-corrected chi connectivity index (χ0v) is 12.7. The molecular weight excluding hydrogens is 318 g/mol. The molecule has 0 saturated carbocycles. The fraction of sp³-hybridized carbons (Fsp3) is 0.176. The van der Waals surface area contributed by atoms with E-state index >= 15 is 0 Å². The first-order valence-electron chi connectivity index (χ1n) is 7.19. The van der Waals surface area contributed by atoms with Crippen molar-refractivity contribution in [1.82, 2.24) is 10.1 Å². The van der Waals surface area contributed by atoms with E-state index in [0.29, 0.717) is 23.0 Å². The molecule has 0 spiro atoms. The highest BCUT2D eigenvalue weighted by molar-refractivity contribution is 5.56. The Bertz CT molecular complexity index is 851. The summed E-state index contributed by atoms with van der Waals surface area (Å²) in [6, 6.07) is 9.88. The lowest BCUT2D eigenvalue weighted by molar-refractivity contribution is 0.105. The number of aliphatic hydroxyl groups excluding tert-OH is 1. The van der Waals surface area contributed by atoms with Crippen molar-refractivity contribution in [2.45, 2.75) is 13.0 Å². The second-order valence-corrected chi connectivity index (χ2v) is 5.16. The van der Waals surface area contributed by atoms with Gasteiger partial charge in [-0.2, -0.15) is 4.98 Å². The van der Waals surface area contributed by atoms with E-state index in [9.17, 15) is 13.9 Å². The molecule has 7 heteroatoms. The topological polar surface area (TPSA) is 68.4 Å². The Morgan fingerprint density at radius 1 is 1.21 bits per heavy atom. The van der Waals surface area contributed by atoms with E-state index in [1.54, 1.807) is 31.2 Å². The van der Waals surface area contributed by atoms with Gasteiger partial charge in [0, 0.05) is 24.1 Å². The Morgan fingerprint density at radius 3 is 2.75 bits per heavy atom. The molecule has 24 heavy (non-hydrogen) atoms. The summed E-state index contributed by atoms with van der Waals surface area (Å²) in [5, 5.41) is 13.8. The predicted octanol–water partition coefficient (Wildman–Crippen LogP) is 3.44. The summed E-state index contributed by atoms with van der Waals surface area (Å²) in [5.74, 6) is -0.201. The number of hydrogen-bond acceptors (Lipinski definition) is 5. The summed E-state index contributed by atoms with van der Waals surface area (Å²) in [6.07, 6.45) is -1.22. The van der Waals surface area contributed by atoms with E-state index in [1.165, 1.54) is 6.07 Å². The Hall–Kier alpha value is -2.80. The number of rotatable bonds is 5. The summed E-state index contributed by atoms with van der Waals surface area (Å²) in [6.45, 7) is 1.50. The van der Waals surface area contributed by atoms with Gasteiger partial charge in [0.1, 0.15) is 30.1 Å². The largest absolute Gasteiger partial charge is 0.491 e. The van der Waals surface area contributed by atoms with Crippen LogP contribution in [0.1, 0.15) is 17.6 Å². The van der Waals surface area contributed by atoms with Crippen LogP contribution < -0.4 is 4.74 Å². The molecule has 0 aliphatic carbocycles. The molecule has 0 bridgehead atoms. The minimum atomic E-state index is -1.22. The normalized spacial score (nSPS) is 12.2. The third-order valence-corrected chi connectivity index (χ3v) is 3.35. The molecule has 2 aromatic carbocycles. The Kier molecular flexibility index (Phi) is 4.52. The highest BCUT2D eigenvalue weighted by Crippen LogP contribution is 2.23. The lowest BCUT2D eigenvalue weighted by Gasteiger charge is -2.13. The third kappa shape index (κ3) is 3.57. The van der Waals surface area contributed by atoms with Crippen LogP contribution in [0.15, 0.2) is 47.0 Å². The van der Waals surface area contributed by atoms with Crippen LogP contribution in [0.25, 0.3) is 11.4 Å². The van der Waals surface area contributed by atoms with Crippen LogP contribution in [0, 0.1) is 18.6 Å². The minimum Gasteiger partial charge on any atom is -0.491 e. The first-order valence-corrected chi connectivity index (χ1v) is 7.19. The van der Waals surface area contributed by atoms with Crippen molar-refractivity contribution in [1.29, 1.82) is 0 Å². The predicted molar refractivity (Wildman–Crippen MR) is 81.3 cm³/mol. The fourth-order valence-corrected chi connectivity index (χ4v) is 2.18. The van der Waals surface area contributed by atoms with Crippen LogP contribution in [-0.4, -0.2) is 21.9 Å². The molecule has 0 saturated heterocycles. The zero-order valence-electron chi connectivity index (χ0n) is 12.7. The Morgan fingerprint density at radius 2 is 2.04 bits per heavy atom. The number of aliphatic hydroxyl groups is 1. The molecular formula is C17H14F2N2O3. The van der Waals surface area contributed by atoms with Crippen LogP contribution in [0.2, 0.25) is 0 Å². The number of ether oxygens (including phenoxy) is 1. The van der Waals surface area contributed by atoms with Gasteiger partial charge in [0.25, 0.3) is 0 Å². The first kappa shape index (κ1) is 16.1. The van der Waals surface area contributed by atoms with Crippen LogP contribution >= 0.6 is 0 Å². The van der Waals surface area contributed by atoms with Crippen molar-refractivity contribution < 1.29 is 23.1 Å². The average Bonchev–Trinajstić information content (AvgIpc) is 2.99. The quantitative estimate of drug-likeness (QED) is 0.775. The number of benzene rings is 2. The molecule has 1 N–H and O–H groups in total. The van der Waals surface area contributed by atoms with E-state index in [1.807, 2.05) is 0 Å². The molecule has 5 nitrogen and oxygen atoms in total. The molecule has 0 aliphatic rings. The lowest BCUT2D eigenvalue weighted by Crippen LogP contribution is -2.11. The van der Waals surface area contributed by atoms with Crippen molar-refractivity contribution >= 4 is 0 Å². The van der Waals surface area contributed by atoms with Crippen LogP contribution in [0.4, 0.5) is 8.78 Å². The van der Waals surface area contributed by atoms with Gasteiger partial charge < -0.3 is 14.4 Å². The zero-order chi connectivity index (χ0) is 17.1. The summed E-state index contributed by atoms with van der Waals surface area (Å²) in [5.41, 5.74) is 0.660. The van der Waals surface area contributed by atoms with Crippen molar-refractivity contribution in [2.75, 3.05) is 6.61 Å². The molecule has 3 rings (SSSR count). The van der Waals surface area contributed by atoms with Crippen LogP contribution in [0.3, 0.4) is 0 Å². The van der Waals surface area contributed by atoms with E-state index < -0.39 is 17.7 Å². The number of halogens is 2. The lowest BCUT2D eigenvalue weighted by atomic mass is 10.1. The van der Waals surface area contributed by atoms with E-state index in [4.69, 9.17) is 9.26 Å². The smallest absolute Gasteiger partial charge is 0.223 e. The van der Waals surface area contributed by atoms with Crippen molar-refractivity contribution in [2.24, 2.45) is 0 Å². The third-order valence-electron chi connectivity index (χ3n) is 3.35. The fourth-order valence-electron chi connectivity index (χ4n) is 2.18. The summed E-state index contributed by atoms with van der Waals surface area (Å²) >= 11 is 0. The van der Waals surface area contributed by atoms with Gasteiger partial charge in [-0.3, -0.25) is 0 Å². The van der Waals surface area contributed by atoms with Gasteiger partial charge in [0.15, 0.2) is 0 Å². The molecule has 0 radical (unpaired) electrons. The van der Waals surface area contributed by atoms with Gasteiger partial charge in [-0.15, -0.1) is 0 Å². The molecule has 3 aromatic rings. The molecule has 1 unspecified atom stereocenters. The molecule has 0 aliphatic heterocycles. The highest BCUT2D eigenvalue weighted by Gasteiger charge is 2.15. The summed E-state index contributed by atoms with van der Waals surface area (Å²) in [4.78, 5) is 4.12.